The van der Waals surface area contributed by atoms with Gasteiger partial charge in [0.05, 0.1) is 6.26 Å². The van der Waals surface area contributed by atoms with Gasteiger partial charge in [-0.2, -0.15) is 0 Å². The molecule has 0 radical (unpaired) electrons. The Morgan fingerprint density at radius 1 is 1.43 bits per heavy atom. The number of furan rings is 1. The van der Waals surface area contributed by atoms with Crippen LogP contribution < -0.4 is 10.6 Å². The normalized spacial score (nSPS) is 12.6. The van der Waals surface area contributed by atoms with E-state index < -0.39 is 0 Å². The lowest BCUT2D eigenvalue weighted by Crippen LogP contribution is -2.42. The van der Waals surface area contributed by atoms with Gasteiger partial charge >= 0.3 is 0 Å². The molecule has 21 heavy (non-hydrogen) atoms. The number of rotatable bonds is 9. The summed E-state index contributed by atoms with van der Waals surface area (Å²) in [5, 5.41) is 6.61. The molecule has 1 atom stereocenters. The van der Waals surface area contributed by atoms with Gasteiger partial charge in [0, 0.05) is 25.7 Å². The highest BCUT2D eigenvalue weighted by Crippen LogP contribution is 2.01. The molecule has 0 aliphatic heterocycles. The highest BCUT2D eigenvalue weighted by molar-refractivity contribution is 14.0. The van der Waals surface area contributed by atoms with E-state index >= 15 is 0 Å². The number of aliphatic imine (C=N–C) groups is 1. The molecule has 0 aliphatic rings. The van der Waals surface area contributed by atoms with Crippen LogP contribution in [0.15, 0.2) is 27.8 Å². The van der Waals surface area contributed by atoms with Crippen molar-refractivity contribution in [3.05, 3.63) is 24.2 Å². The van der Waals surface area contributed by atoms with Crippen LogP contribution in [0, 0.1) is 0 Å². The monoisotopic (exact) mass is 409 g/mol. The van der Waals surface area contributed by atoms with Gasteiger partial charge < -0.3 is 19.8 Å². The zero-order chi connectivity index (χ0) is 14.6. The maximum Gasteiger partial charge on any atom is 0.191 e. The van der Waals surface area contributed by atoms with Crippen molar-refractivity contribution in [2.24, 2.45) is 4.99 Å². The first-order valence-corrected chi connectivity index (χ1v) is 7.41. The molecule has 0 amide bonds. The summed E-state index contributed by atoms with van der Waals surface area (Å²) in [7, 11) is 0. The summed E-state index contributed by atoms with van der Waals surface area (Å²) in [5.74, 6) is 1.74. The summed E-state index contributed by atoms with van der Waals surface area (Å²) in [6.07, 6.45) is 3.64. The molecule has 6 heteroatoms. The highest BCUT2D eigenvalue weighted by Gasteiger charge is 2.01. The zero-order valence-electron chi connectivity index (χ0n) is 13.2. The van der Waals surface area contributed by atoms with Gasteiger partial charge in [-0.15, -0.1) is 24.0 Å². The molecule has 0 saturated heterocycles. The van der Waals surface area contributed by atoms with E-state index in [-0.39, 0.29) is 24.0 Å². The Hall–Kier alpha value is -0.760. The molecule has 1 aromatic rings. The van der Waals surface area contributed by atoms with E-state index in [1.165, 1.54) is 0 Å². The maximum atomic E-state index is 5.52. The van der Waals surface area contributed by atoms with Gasteiger partial charge in [-0.05, 0) is 38.8 Å². The standard InChI is InChI=1S/C15H27N3O2.HI/c1-4-13(3)18-15(16-5-2)17-9-7-10-19-12-14-8-6-11-20-14;/h6,8,11,13H,4-5,7,9-10,12H2,1-3H3,(H2,16,17,18);1H. The van der Waals surface area contributed by atoms with Crippen molar-refractivity contribution < 1.29 is 9.15 Å². The summed E-state index contributed by atoms with van der Waals surface area (Å²) >= 11 is 0. The predicted octanol–water partition coefficient (Wildman–Crippen LogP) is 3.16. The Bertz CT molecular complexity index is 369. The van der Waals surface area contributed by atoms with Crippen LogP contribution in [0.3, 0.4) is 0 Å². The van der Waals surface area contributed by atoms with Crippen molar-refractivity contribution in [3.63, 3.8) is 0 Å². The largest absolute Gasteiger partial charge is 0.467 e. The van der Waals surface area contributed by atoms with Gasteiger partial charge in [-0.1, -0.05) is 6.92 Å². The van der Waals surface area contributed by atoms with Crippen LogP contribution in [0.2, 0.25) is 0 Å². The number of halogens is 1. The second-order valence-electron chi connectivity index (χ2n) is 4.70. The van der Waals surface area contributed by atoms with Crippen LogP contribution in [0.25, 0.3) is 0 Å². The molecule has 1 rings (SSSR count). The van der Waals surface area contributed by atoms with Crippen LogP contribution >= 0.6 is 24.0 Å². The molecule has 5 nitrogen and oxygen atoms in total. The van der Waals surface area contributed by atoms with Crippen molar-refractivity contribution >= 4 is 29.9 Å². The van der Waals surface area contributed by atoms with Gasteiger partial charge in [0.25, 0.3) is 0 Å². The van der Waals surface area contributed by atoms with Crippen LogP contribution in [0.4, 0.5) is 0 Å². The maximum absolute atomic E-state index is 5.52. The number of hydrogen-bond donors (Lipinski definition) is 2. The number of guanidine groups is 1. The van der Waals surface area contributed by atoms with E-state index in [0.29, 0.717) is 19.3 Å². The fourth-order valence-corrected chi connectivity index (χ4v) is 1.58. The molecule has 0 saturated carbocycles. The van der Waals surface area contributed by atoms with Gasteiger partial charge in [-0.25, -0.2) is 0 Å². The molecule has 2 N–H and O–H groups in total. The molecule has 0 aliphatic carbocycles. The van der Waals surface area contributed by atoms with E-state index in [2.05, 4.69) is 36.4 Å². The second kappa shape index (κ2) is 12.9. The Morgan fingerprint density at radius 2 is 2.24 bits per heavy atom. The average Bonchev–Trinajstić information content (AvgIpc) is 2.95. The van der Waals surface area contributed by atoms with Crippen LogP contribution in [0.5, 0.6) is 0 Å². The number of nitrogens with one attached hydrogen (secondary N) is 2. The minimum atomic E-state index is 0. The van der Waals surface area contributed by atoms with E-state index in [0.717, 1.165) is 37.7 Å². The zero-order valence-corrected chi connectivity index (χ0v) is 15.6. The Morgan fingerprint density at radius 3 is 2.86 bits per heavy atom. The molecule has 0 spiro atoms. The van der Waals surface area contributed by atoms with Crippen LogP contribution in [0.1, 0.15) is 39.4 Å². The molecule has 1 unspecified atom stereocenters. The van der Waals surface area contributed by atoms with E-state index in [9.17, 15) is 0 Å². The third kappa shape index (κ3) is 9.73. The first-order chi connectivity index (χ1) is 9.76. The van der Waals surface area contributed by atoms with Gasteiger partial charge in [0.15, 0.2) is 5.96 Å². The second-order valence-corrected chi connectivity index (χ2v) is 4.70. The quantitative estimate of drug-likeness (QED) is 0.285. The lowest BCUT2D eigenvalue weighted by atomic mass is 10.3. The SMILES string of the molecule is CCNC(=NCCCOCc1ccco1)NC(C)CC.I. The number of nitrogens with zero attached hydrogens (tertiary/aromatic N) is 1. The van der Waals surface area contributed by atoms with Crippen molar-refractivity contribution in [2.75, 3.05) is 19.7 Å². The third-order valence-electron chi connectivity index (χ3n) is 2.88. The summed E-state index contributed by atoms with van der Waals surface area (Å²) in [5.41, 5.74) is 0. The predicted molar refractivity (Wildman–Crippen MR) is 97.3 cm³/mol. The molecule has 1 heterocycles. The topological polar surface area (TPSA) is 58.8 Å². The summed E-state index contributed by atoms with van der Waals surface area (Å²) in [4.78, 5) is 4.53. The minimum Gasteiger partial charge on any atom is -0.467 e. The van der Waals surface area contributed by atoms with Crippen molar-refractivity contribution in [1.29, 1.82) is 0 Å². The molecule has 0 aromatic carbocycles. The highest BCUT2D eigenvalue weighted by atomic mass is 127. The van der Waals surface area contributed by atoms with E-state index in [4.69, 9.17) is 9.15 Å². The third-order valence-corrected chi connectivity index (χ3v) is 2.88. The molecular weight excluding hydrogens is 381 g/mol. The lowest BCUT2D eigenvalue weighted by Gasteiger charge is -2.16. The minimum absolute atomic E-state index is 0. The van der Waals surface area contributed by atoms with E-state index in [1.54, 1.807) is 6.26 Å². The lowest BCUT2D eigenvalue weighted by molar-refractivity contribution is 0.105. The van der Waals surface area contributed by atoms with Crippen LogP contribution in [-0.2, 0) is 11.3 Å². The van der Waals surface area contributed by atoms with E-state index in [1.807, 2.05) is 12.1 Å². The molecule has 1 aromatic heterocycles. The Labute approximate surface area is 144 Å². The number of ether oxygens (including phenoxy) is 1. The smallest absolute Gasteiger partial charge is 0.191 e. The van der Waals surface area contributed by atoms with Crippen LogP contribution in [-0.4, -0.2) is 31.7 Å². The molecule has 0 bridgehead atoms. The van der Waals surface area contributed by atoms with Crippen molar-refractivity contribution in [2.45, 2.75) is 46.3 Å². The molecule has 0 fully saturated rings. The fourth-order valence-electron chi connectivity index (χ4n) is 1.58. The molecular formula is C15H28IN3O2. The summed E-state index contributed by atoms with van der Waals surface area (Å²) in [6, 6.07) is 4.21. The van der Waals surface area contributed by atoms with Gasteiger partial charge in [0.1, 0.15) is 12.4 Å². The first kappa shape index (κ1) is 20.2. The molecule has 122 valence electrons. The van der Waals surface area contributed by atoms with Crippen molar-refractivity contribution in [1.82, 2.24) is 10.6 Å². The summed E-state index contributed by atoms with van der Waals surface area (Å²) < 4.78 is 10.7. The first-order valence-electron chi connectivity index (χ1n) is 7.41. The van der Waals surface area contributed by atoms with Crippen molar-refractivity contribution in [3.8, 4) is 0 Å². The summed E-state index contributed by atoms with van der Waals surface area (Å²) in [6.45, 7) is 9.22. The van der Waals surface area contributed by atoms with Gasteiger partial charge in [-0.3, -0.25) is 4.99 Å². The Balaban J connectivity index is 0.00000400. The van der Waals surface area contributed by atoms with Gasteiger partial charge in [0.2, 0.25) is 0 Å². The number of hydrogen-bond acceptors (Lipinski definition) is 3. The Kier molecular flexibility index (Phi) is 12.5. The fraction of sp³-hybridized carbons (Fsp3) is 0.667. The average molecular weight is 409 g/mol.